The summed E-state index contributed by atoms with van der Waals surface area (Å²) >= 11 is 0. The average molecular weight is 517 g/mol. The number of aryl methyl sites for hydroxylation is 4. The van der Waals surface area contributed by atoms with Crippen LogP contribution in [0.1, 0.15) is 34.1 Å². The third kappa shape index (κ3) is 5.47. The lowest BCUT2D eigenvalue weighted by Gasteiger charge is -2.16. The van der Waals surface area contributed by atoms with Crippen LogP contribution in [0.25, 0.3) is 22.0 Å². The Hall–Kier alpha value is -4.37. The number of nitrogens with zero attached hydrogens (tertiary/aromatic N) is 1. The lowest BCUT2D eigenvalue weighted by molar-refractivity contribution is -0.119. The van der Waals surface area contributed by atoms with Crippen molar-refractivity contribution >= 4 is 28.4 Å². The van der Waals surface area contributed by atoms with Crippen molar-refractivity contribution in [2.24, 2.45) is 7.05 Å². The molecule has 0 radical (unpaired) electrons. The molecule has 2 aromatic heterocycles. The number of benzene rings is 2. The molecule has 0 aliphatic rings. The monoisotopic (exact) mass is 516 g/mol. The summed E-state index contributed by atoms with van der Waals surface area (Å²) in [6, 6.07) is 11.3. The molecule has 4 rings (SSSR count). The van der Waals surface area contributed by atoms with Crippen LogP contribution in [0, 0.1) is 20.8 Å². The average Bonchev–Trinajstić information content (AvgIpc) is 3.30. The fourth-order valence-electron chi connectivity index (χ4n) is 4.53. The normalized spacial score (nSPS) is 11.0. The van der Waals surface area contributed by atoms with E-state index in [0.29, 0.717) is 40.3 Å². The molecule has 0 spiro atoms. The summed E-state index contributed by atoms with van der Waals surface area (Å²) < 4.78 is 12.7. The van der Waals surface area contributed by atoms with E-state index in [0.717, 1.165) is 27.8 Å². The second kappa shape index (κ2) is 10.9. The van der Waals surface area contributed by atoms with Gasteiger partial charge in [-0.2, -0.15) is 0 Å². The molecule has 2 amide bonds. The first-order chi connectivity index (χ1) is 18.1. The van der Waals surface area contributed by atoms with Crippen molar-refractivity contribution in [1.29, 1.82) is 0 Å². The van der Waals surface area contributed by atoms with Gasteiger partial charge in [0.1, 0.15) is 29.3 Å². The lowest BCUT2D eigenvalue weighted by Crippen LogP contribution is -2.23. The Labute approximate surface area is 220 Å². The van der Waals surface area contributed by atoms with Crippen LogP contribution in [0.2, 0.25) is 0 Å². The number of nitrogens with one attached hydrogen (secondary N) is 3. The molecule has 3 N–H and O–H groups in total. The summed E-state index contributed by atoms with van der Waals surface area (Å²) in [5.41, 5.74) is 5.50. The highest BCUT2D eigenvalue weighted by Gasteiger charge is 2.17. The van der Waals surface area contributed by atoms with Crippen LogP contribution in [-0.2, 0) is 16.6 Å². The quantitative estimate of drug-likeness (QED) is 0.317. The van der Waals surface area contributed by atoms with E-state index < -0.39 is 0 Å². The molecule has 198 valence electrons. The van der Waals surface area contributed by atoms with Crippen LogP contribution in [0.15, 0.2) is 47.4 Å². The van der Waals surface area contributed by atoms with Gasteiger partial charge in [0.05, 0.1) is 0 Å². The van der Waals surface area contributed by atoms with Gasteiger partial charge in [0.15, 0.2) is 0 Å². The molecule has 0 saturated heterocycles. The van der Waals surface area contributed by atoms with Gasteiger partial charge in [-0.25, -0.2) is 0 Å². The minimum atomic E-state index is -0.266. The van der Waals surface area contributed by atoms with E-state index in [1.54, 1.807) is 19.3 Å². The summed E-state index contributed by atoms with van der Waals surface area (Å²) in [5, 5.41) is 6.25. The molecule has 0 bridgehead atoms. The smallest absolute Gasteiger partial charge is 0.274 e. The fraction of sp³-hybridized carbons (Fsp3) is 0.276. The van der Waals surface area contributed by atoms with Gasteiger partial charge in [-0.1, -0.05) is 6.07 Å². The molecule has 0 atom stereocenters. The molecule has 0 aliphatic heterocycles. The standard InChI is InChI=1S/C29H32N4O5/c1-7-30-28(35)24-13-22-23(14-33(5)29(36)26(22)32-24)19-8-16(2)9-21(12-19)38-27-17(3)10-20(11-18(27)4)31-25(34)15-37-6/h8-14,32H,7,15H2,1-6H3,(H,30,35)(H,31,34). The number of hydrogen-bond acceptors (Lipinski definition) is 5. The number of aromatic nitrogens is 2. The summed E-state index contributed by atoms with van der Waals surface area (Å²) in [6.45, 7) is 8.12. The highest BCUT2D eigenvalue weighted by atomic mass is 16.5. The molecular weight excluding hydrogens is 484 g/mol. The maximum absolute atomic E-state index is 12.8. The molecule has 2 aromatic carbocycles. The molecule has 0 fully saturated rings. The van der Waals surface area contributed by atoms with Gasteiger partial charge >= 0.3 is 0 Å². The number of H-pyrrole nitrogens is 1. The van der Waals surface area contributed by atoms with Gasteiger partial charge in [-0.15, -0.1) is 0 Å². The van der Waals surface area contributed by atoms with Crippen LogP contribution < -0.4 is 20.9 Å². The zero-order valence-electron chi connectivity index (χ0n) is 22.4. The van der Waals surface area contributed by atoms with Crippen LogP contribution in [0.4, 0.5) is 5.69 Å². The predicted octanol–water partition coefficient (Wildman–Crippen LogP) is 4.59. The number of pyridine rings is 1. The summed E-state index contributed by atoms with van der Waals surface area (Å²) in [4.78, 5) is 40.2. The second-order valence-electron chi connectivity index (χ2n) is 9.35. The van der Waals surface area contributed by atoms with E-state index in [-0.39, 0.29) is 24.0 Å². The Morgan fingerprint density at radius 2 is 1.74 bits per heavy atom. The minimum Gasteiger partial charge on any atom is -0.457 e. The number of carbonyl (C=O) groups is 2. The highest BCUT2D eigenvalue weighted by Crippen LogP contribution is 2.36. The van der Waals surface area contributed by atoms with Gasteiger partial charge in [0, 0.05) is 43.5 Å². The molecule has 38 heavy (non-hydrogen) atoms. The number of aromatic amines is 1. The SMILES string of the molecule is CCNC(=O)c1cc2c(-c3cc(C)cc(Oc4c(C)cc(NC(=O)COC)cc4C)c3)cn(C)c(=O)c2[nH]1. The zero-order chi connectivity index (χ0) is 27.6. The molecule has 4 aromatic rings. The third-order valence-electron chi connectivity index (χ3n) is 6.15. The van der Waals surface area contributed by atoms with Crippen LogP contribution >= 0.6 is 0 Å². The van der Waals surface area contributed by atoms with E-state index in [4.69, 9.17) is 9.47 Å². The van der Waals surface area contributed by atoms with Crippen LogP contribution in [0.3, 0.4) is 0 Å². The molecule has 0 saturated carbocycles. The highest BCUT2D eigenvalue weighted by molar-refractivity contribution is 6.02. The molecule has 9 heteroatoms. The zero-order valence-corrected chi connectivity index (χ0v) is 22.4. The largest absolute Gasteiger partial charge is 0.457 e. The lowest BCUT2D eigenvalue weighted by atomic mass is 10.0. The summed E-state index contributed by atoms with van der Waals surface area (Å²) in [5.74, 6) is 0.825. The number of ether oxygens (including phenoxy) is 2. The number of hydrogen-bond donors (Lipinski definition) is 3. The third-order valence-corrected chi connectivity index (χ3v) is 6.15. The van der Waals surface area contributed by atoms with E-state index in [1.165, 1.54) is 11.7 Å². The van der Waals surface area contributed by atoms with Crippen molar-refractivity contribution in [1.82, 2.24) is 14.9 Å². The maximum Gasteiger partial charge on any atom is 0.274 e. The fourth-order valence-corrected chi connectivity index (χ4v) is 4.53. The number of methoxy groups -OCH3 is 1. The number of amides is 2. The molecular formula is C29H32N4O5. The molecule has 0 unspecified atom stereocenters. The minimum absolute atomic E-state index is 0.0212. The molecule has 2 heterocycles. The second-order valence-corrected chi connectivity index (χ2v) is 9.35. The Morgan fingerprint density at radius 3 is 2.39 bits per heavy atom. The van der Waals surface area contributed by atoms with Crippen LogP contribution in [-0.4, -0.2) is 41.6 Å². The van der Waals surface area contributed by atoms with E-state index in [9.17, 15) is 14.4 Å². The topological polar surface area (TPSA) is 114 Å². The Balaban J connectivity index is 1.74. The first-order valence-electron chi connectivity index (χ1n) is 12.3. The maximum atomic E-state index is 12.8. The Morgan fingerprint density at radius 1 is 1.03 bits per heavy atom. The van der Waals surface area contributed by atoms with Crippen molar-refractivity contribution in [3.63, 3.8) is 0 Å². The number of carbonyl (C=O) groups excluding carboxylic acids is 2. The van der Waals surface area contributed by atoms with Gasteiger partial charge < -0.3 is 29.7 Å². The number of fused-ring (bicyclic) bond motifs is 1. The van der Waals surface area contributed by atoms with Crippen molar-refractivity contribution in [3.8, 4) is 22.6 Å². The van der Waals surface area contributed by atoms with Gasteiger partial charge in [0.25, 0.3) is 11.5 Å². The van der Waals surface area contributed by atoms with Gasteiger partial charge in [-0.05, 0) is 80.3 Å². The van der Waals surface area contributed by atoms with Crippen molar-refractivity contribution in [2.75, 3.05) is 25.6 Å². The van der Waals surface area contributed by atoms with Gasteiger partial charge in [0.2, 0.25) is 5.91 Å². The van der Waals surface area contributed by atoms with E-state index in [1.807, 2.05) is 58.0 Å². The number of anilines is 1. The van der Waals surface area contributed by atoms with E-state index in [2.05, 4.69) is 15.6 Å². The summed E-state index contributed by atoms with van der Waals surface area (Å²) in [7, 11) is 3.16. The number of rotatable bonds is 8. The summed E-state index contributed by atoms with van der Waals surface area (Å²) in [6.07, 6.45) is 1.77. The van der Waals surface area contributed by atoms with Crippen molar-refractivity contribution < 1.29 is 19.1 Å². The van der Waals surface area contributed by atoms with Crippen molar-refractivity contribution in [2.45, 2.75) is 27.7 Å². The van der Waals surface area contributed by atoms with Crippen LogP contribution in [0.5, 0.6) is 11.5 Å². The molecule has 9 nitrogen and oxygen atoms in total. The molecule has 0 aliphatic carbocycles. The predicted molar refractivity (Wildman–Crippen MR) is 148 cm³/mol. The van der Waals surface area contributed by atoms with Gasteiger partial charge in [-0.3, -0.25) is 14.4 Å². The van der Waals surface area contributed by atoms with Crippen molar-refractivity contribution in [3.05, 3.63) is 75.3 Å². The Bertz CT molecular complexity index is 1580. The first-order valence-corrected chi connectivity index (χ1v) is 12.3. The first kappa shape index (κ1) is 26.7. The van der Waals surface area contributed by atoms with E-state index >= 15 is 0 Å². The Kier molecular flexibility index (Phi) is 7.68.